The van der Waals surface area contributed by atoms with Crippen LogP contribution in [-0.2, 0) is 9.59 Å². The number of ether oxygens (including phenoxy) is 3. The summed E-state index contributed by atoms with van der Waals surface area (Å²) in [6.07, 6.45) is 3.00. The van der Waals surface area contributed by atoms with Gasteiger partial charge in [-0.05, 0) is 23.8 Å². The second-order valence-corrected chi connectivity index (χ2v) is 6.69. The first kappa shape index (κ1) is 21.9. The number of carbonyl (C=O) groups excluding carboxylic acids is 3. The van der Waals surface area contributed by atoms with E-state index in [1.165, 1.54) is 32.4 Å². The van der Waals surface area contributed by atoms with Crippen LogP contribution in [0.15, 0.2) is 54.6 Å². The van der Waals surface area contributed by atoms with Crippen LogP contribution in [0.4, 0.5) is 10.5 Å². The largest absolute Gasteiger partial charge is 0.495 e. The molecule has 4 amide bonds. The number of anilines is 1. The summed E-state index contributed by atoms with van der Waals surface area (Å²) in [4.78, 5) is 38.8. The summed E-state index contributed by atoms with van der Waals surface area (Å²) in [6, 6.07) is 8.63. The maximum atomic E-state index is 13.1. The average Bonchev–Trinajstić information content (AvgIpc) is 2.76. The molecule has 1 fully saturated rings. The lowest BCUT2D eigenvalue weighted by molar-refractivity contribution is -0.122. The molecule has 0 spiro atoms. The Morgan fingerprint density at radius 1 is 1.06 bits per heavy atom. The van der Waals surface area contributed by atoms with Crippen molar-refractivity contribution < 1.29 is 28.6 Å². The molecule has 0 atom stereocenters. The van der Waals surface area contributed by atoms with Crippen molar-refractivity contribution in [2.45, 2.75) is 0 Å². The Kier molecular flexibility index (Phi) is 6.61. The predicted molar refractivity (Wildman–Crippen MR) is 116 cm³/mol. The molecule has 3 rings (SSSR count). The quantitative estimate of drug-likeness (QED) is 0.400. The van der Waals surface area contributed by atoms with E-state index in [2.05, 4.69) is 11.9 Å². The molecule has 1 saturated heterocycles. The Bertz CT molecular complexity index is 1080. The number of carbonyl (C=O) groups is 3. The number of rotatable bonds is 7. The zero-order valence-corrected chi connectivity index (χ0v) is 17.6. The number of urea groups is 1. The summed E-state index contributed by atoms with van der Waals surface area (Å²) in [6.45, 7) is 3.93. The number of halogens is 1. The van der Waals surface area contributed by atoms with E-state index in [1.807, 2.05) is 0 Å². The van der Waals surface area contributed by atoms with E-state index in [0.29, 0.717) is 17.9 Å². The van der Waals surface area contributed by atoms with E-state index in [-0.39, 0.29) is 27.8 Å². The predicted octanol–water partition coefficient (Wildman–Crippen LogP) is 3.59. The molecule has 8 nitrogen and oxygen atoms in total. The average molecular weight is 443 g/mol. The molecule has 1 aliphatic heterocycles. The van der Waals surface area contributed by atoms with Crippen molar-refractivity contribution in [2.24, 2.45) is 0 Å². The van der Waals surface area contributed by atoms with Crippen LogP contribution in [0.2, 0.25) is 5.02 Å². The van der Waals surface area contributed by atoms with Crippen LogP contribution in [0.3, 0.4) is 0 Å². The summed E-state index contributed by atoms with van der Waals surface area (Å²) < 4.78 is 15.8. The van der Waals surface area contributed by atoms with Crippen LogP contribution in [0.5, 0.6) is 17.2 Å². The van der Waals surface area contributed by atoms with Crippen molar-refractivity contribution in [1.82, 2.24) is 5.32 Å². The Balaban J connectivity index is 1.99. The van der Waals surface area contributed by atoms with Gasteiger partial charge < -0.3 is 14.2 Å². The lowest BCUT2D eigenvalue weighted by atomic mass is 10.1. The maximum absolute atomic E-state index is 13.1. The molecule has 1 aliphatic rings. The zero-order chi connectivity index (χ0) is 22.5. The number of barbiturate groups is 1. The van der Waals surface area contributed by atoms with Gasteiger partial charge in [0.1, 0.15) is 29.4 Å². The molecule has 2 aromatic carbocycles. The minimum absolute atomic E-state index is 0.0813. The van der Waals surface area contributed by atoms with Crippen molar-refractivity contribution in [3.05, 3.63) is 65.2 Å². The van der Waals surface area contributed by atoms with Gasteiger partial charge in [-0.25, -0.2) is 9.69 Å². The lowest BCUT2D eigenvalue weighted by Gasteiger charge is -2.28. The van der Waals surface area contributed by atoms with Gasteiger partial charge in [0.2, 0.25) is 0 Å². The molecule has 0 aliphatic carbocycles. The van der Waals surface area contributed by atoms with Crippen LogP contribution in [-0.4, -0.2) is 38.7 Å². The third-order valence-electron chi connectivity index (χ3n) is 4.35. The molecular weight excluding hydrogens is 424 g/mol. The molecule has 9 heteroatoms. The van der Waals surface area contributed by atoms with Gasteiger partial charge in [-0.2, -0.15) is 0 Å². The second-order valence-electron chi connectivity index (χ2n) is 6.29. The molecule has 0 saturated carbocycles. The first-order valence-electron chi connectivity index (χ1n) is 9.06. The van der Waals surface area contributed by atoms with E-state index >= 15 is 0 Å². The van der Waals surface area contributed by atoms with Gasteiger partial charge in [0, 0.05) is 12.1 Å². The van der Waals surface area contributed by atoms with Gasteiger partial charge in [0.05, 0.1) is 24.9 Å². The number of hydrogen-bond donors (Lipinski definition) is 1. The van der Waals surface area contributed by atoms with Crippen molar-refractivity contribution in [2.75, 3.05) is 25.7 Å². The van der Waals surface area contributed by atoms with Gasteiger partial charge in [0.15, 0.2) is 0 Å². The van der Waals surface area contributed by atoms with E-state index in [9.17, 15) is 14.4 Å². The Hall–Kier alpha value is -3.78. The minimum Gasteiger partial charge on any atom is -0.495 e. The molecule has 1 N–H and O–H groups in total. The van der Waals surface area contributed by atoms with E-state index in [4.69, 9.17) is 25.8 Å². The number of amides is 4. The third kappa shape index (κ3) is 4.54. The van der Waals surface area contributed by atoms with E-state index in [1.54, 1.807) is 30.3 Å². The number of nitrogens with one attached hydrogen (secondary N) is 1. The highest BCUT2D eigenvalue weighted by atomic mass is 35.5. The first-order valence-corrected chi connectivity index (χ1v) is 9.44. The number of nitrogens with zero attached hydrogens (tertiary/aromatic N) is 1. The number of hydrogen-bond acceptors (Lipinski definition) is 6. The van der Waals surface area contributed by atoms with Crippen molar-refractivity contribution in [3.63, 3.8) is 0 Å². The van der Waals surface area contributed by atoms with Crippen LogP contribution in [0.1, 0.15) is 5.56 Å². The second kappa shape index (κ2) is 9.36. The SMILES string of the molecule is C=CCOc1ccc(/C=C2\C(=O)NC(=O)N(c3cc(OC)c(Cl)cc3OC)C2=O)cc1. The molecule has 0 unspecified atom stereocenters. The number of imide groups is 2. The lowest BCUT2D eigenvalue weighted by Crippen LogP contribution is -2.54. The fraction of sp³-hybridized carbons (Fsp3) is 0.136. The third-order valence-corrected chi connectivity index (χ3v) is 4.65. The summed E-state index contributed by atoms with van der Waals surface area (Å²) in [7, 11) is 2.76. The monoisotopic (exact) mass is 442 g/mol. The van der Waals surface area contributed by atoms with Crippen LogP contribution < -0.4 is 24.4 Å². The fourth-order valence-corrected chi connectivity index (χ4v) is 3.11. The Labute approximate surface area is 183 Å². The molecule has 160 valence electrons. The first-order chi connectivity index (χ1) is 14.9. The Morgan fingerprint density at radius 3 is 2.35 bits per heavy atom. The standard InChI is InChI=1S/C22H19ClN2O6/c1-4-9-31-14-7-5-13(6-8-14)10-15-20(26)24-22(28)25(21(15)27)17-12-18(29-2)16(23)11-19(17)30-3/h4-8,10-12H,1,9H2,2-3H3,(H,24,26,28)/b15-10+. The Morgan fingerprint density at radius 2 is 1.74 bits per heavy atom. The fourth-order valence-electron chi connectivity index (χ4n) is 2.88. The number of benzene rings is 2. The van der Waals surface area contributed by atoms with Gasteiger partial charge >= 0.3 is 6.03 Å². The van der Waals surface area contributed by atoms with Crippen molar-refractivity contribution in [1.29, 1.82) is 0 Å². The van der Waals surface area contributed by atoms with E-state index < -0.39 is 17.8 Å². The topological polar surface area (TPSA) is 94.2 Å². The molecule has 2 aromatic rings. The summed E-state index contributed by atoms with van der Waals surface area (Å²) in [5, 5.41) is 2.40. The zero-order valence-electron chi connectivity index (χ0n) is 16.8. The van der Waals surface area contributed by atoms with Crippen molar-refractivity contribution >= 4 is 41.2 Å². The van der Waals surface area contributed by atoms with Crippen LogP contribution >= 0.6 is 11.6 Å². The van der Waals surface area contributed by atoms with Gasteiger partial charge in [-0.1, -0.05) is 36.4 Å². The highest BCUT2D eigenvalue weighted by Gasteiger charge is 2.38. The van der Waals surface area contributed by atoms with E-state index in [0.717, 1.165) is 4.90 Å². The summed E-state index contributed by atoms with van der Waals surface area (Å²) in [5.41, 5.74) is 0.424. The van der Waals surface area contributed by atoms with Gasteiger partial charge in [0.25, 0.3) is 11.8 Å². The smallest absolute Gasteiger partial charge is 0.336 e. The summed E-state index contributed by atoms with van der Waals surface area (Å²) in [5.74, 6) is -0.625. The van der Waals surface area contributed by atoms with Gasteiger partial charge in [-0.3, -0.25) is 14.9 Å². The molecule has 1 heterocycles. The van der Waals surface area contributed by atoms with Gasteiger partial charge in [-0.15, -0.1) is 0 Å². The number of methoxy groups -OCH3 is 2. The molecule has 0 radical (unpaired) electrons. The normalized spacial score (nSPS) is 15.0. The highest BCUT2D eigenvalue weighted by Crippen LogP contribution is 2.39. The molecule has 31 heavy (non-hydrogen) atoms. The molecule has 0 aromatic heterocycles. The minimum atomic E-state index is -0.914. The van der Waals surface area contributed by atoms with Crippen LogP contribution in [0, 0.1) is 0 Å². The molecular formula is C22H19ClN2O6. The van der Waals surface area contributed by atoms with Crippen molar-refractivity contribution in [3.8, 4) is 17.2 Å². The molecule has 0 bridgehead atoms. The van der Waals surface area contributed by atoms with Crippen LogP contribution in [0.25, 0.3) is 6.08 Å². The summed E-state index contributed by atoms with van der Waals surface area (Å²) >= 11 is 6.11. The maximum Gasteiger partial charge on any atom is 0.336 e. The highest BCUT2D eigenvalue weighted by molar-refractivity contribution is 6.39.